The summed E-state index contributed by atoms with van der Waals surface area (Å²) in [5.74, 6) is -0.347. The highest BCUT2D eigenvalue weighted by molar-refractivity contribution is 6.70. The van der Waals surface area contributed by atoms with E-state index in [4.69, 9.17) is 34.8 Å². The van der Waals surface area contributed by atoms with Crippen molar-refractivity contribution in [2.24, 2.45) is 0 Å². The minimum absolute atomic E-state index is 0.0263. The molecule has 2 nitrogen and oxygen atoms in total. The van der Waals surface area contributed by atoms with E-state index in [1.807, 2.05) is 0 Å². The molecule has 0 radical (unpaired) electrons. The van der Waals surface area contributed by atoms with Gasteiger partial charge in [-0.1, -0.05) is 23.2 Å². The van der Waals surface area contributed by atoms with Crippen molar-refractivity contribution in [3.63, 3.8) is 0 Å². The van der Waals surface area contributed by atoms with Crippen LogP contribution in [0.5, 0.6) is 5.75 Å². The lowest BCUT2D eigenvalue weighted by Gasteiger charge is -2.09. The quantitative estimate of drug-likeness (QED) is 0.780. The Hall–Kier alpha value is -0.580. The maximum Gasteiger partial charge on any atom is 0.387 e. The van der Waals surface area contributed by atoms with Gasteiger partial charge in [0.25, 0.3) is 5.24 Å². The van der Waals surface area contributed by atoms with Gasteiger partial charge in [0.05, 0.1) is 15.6 Å². The number of carbonyl (C=O) groups is 1. The molecular weight excluding hydrogens is 272 g/mol. The summed E-state index contributed by atoms with van der Waals surface area (Å²) in [4.78, 5) is 10.9. The lowest BCUT2D eigenvalue weighted by molar-refractivity contribution is -0.0498. The van der Waals surface area contributed by atoms with Crippen molar-refractivity contribution in [2.45, 2.75) is 6.61 Å². The van der Waals surface area contributed by atoms with Gasteiger partial charge in [-0.2, -0.15) is 8.78 Å². The molecule has 0 fully saturated rings. The Balaban J connectivity index is 3.22. The molecule has 0 saturated heterocycles. The molecule has 1 rings (SSSR count). The van der Waals surface area contributed by atoms with Crippen molar-refractivity contribution in [2.75, 3.05) is 0 Å². The van der Waals surface area contributed by atoms with E-state index in [1.165, 1.54) is 6.07 Å². The average molecular weight is 275 g/mol. The molecular formula is C8H3Cl3F2O2. The summed E-state index contributed by atoms with van der Waals surface area (Å²) < 4.78 is 27.9. The molecule has 0 aliphatic carbocycles. The van der Waals surface area contributed by atoms with E-state index >= 15 is 0 Å². The van der Waals surface area contributed by atoms with E-state index in [2.05, 4.69) is 4.74 Å². The monoisotopic (exact) mass is 274 g/mol. The van der Waals surface area contributed by atoms with Crippen molar-refractivity contribution < 1.29 is 18.3 Å². The van der Waals surface area contributed by atoms with Gasteiger partial charge < -0.3 is 4.74 Å². The van der Waals surface area contributed by atoms with E-state index in [1.54, 1.807) is 0 Å². The summed E-state index contributed by atoms with van der Waals surface area (Å²) >= 11 is 16.4. The summed E-state index contributed by atoms with van der Waals surface area (Å²) in [5.41, 5.74) is -0.252. The van der Waals surface area contributed by atoms with Crippen molar-refractivity contribution >= 4 is 40.0 Å². The van der Waals surface area contributed by atoms with Gasteiger partial charge in [-0.3, -0.25) is 4.79 Å². The van der Waals surface area contributed by atoms with E-state index in [-0.39, 0.29) is 21.4 Å². The van der Waals surface area contributed by atoms with E-state index < -0.39 is 11.9 Å². The average Bonchev–Trinajstić information content (AvgIpc) is 2.09. The van der Waals surface area contributed by atoms with E-state index in [0.29, 0.717) is 0 Å². The maximum absolute atomic E-state index is 11.9. The molecule has 0 aliphatic rings. The second kappa shape index (κ2) is 4.96. The van der Waals surface area contributed by atoms with Crippen LogP contribution in [0.1, 0.15) is 10.4 Å². The second-order valence-electron chi connectivity index (χ2n) is 2.39. The number of alkyl halides is 2. The SMILES string of the molecule is O=C(Cl)c1c(Cl)ccc(OC(F)F)c1Cl. The molecule has 1 aromatic rings. The van der Waals surface area contributed by atoms with E-state index in [9.17, 15) is 13.6 Å². The molecule has 15 heavy (non-hydrogen) atoms. The molecule has 82 valence electrons. The van der Waals surface area contributed by atoms with Crippen LogP contribution < -0.4 is 4.74 Å². The molecule has 7 heteroatoms. The van der Waals surface area contributed by atoms with Crippen LogP contribution in [-0.4, -0.2) is 11.9 Å². The topological polar surface area (TPSA) is 26.3 Å². The van der Waals surface area contributed by atoms with Crippen LogP contribution in [0.4, 0.5) is 8.78 Å². The third-order valence-corrected chi connectivity index (χ3v) is 2.35. The fraction of sp³-hybridized carbons (Fsp3) is 0.125. The minimum Gasteiger partial charge on any atom is -0.433 e. The Bertz CT molecular complexity index is 396. The Labute approximate surface area is 98.7 Å². The van der Waals surface area contributed by atoms with Crippen LogP contribution in [0, 0.1) is 0 Å². The molecule has 1 aromatic carbocycles. The van der Waals surface area contributed by atoms with Crippen molar-refractivity contribution in [3.05, 3.63) is 27.7 Å². The Morgan fingerprint density at radius 2 is 1.93 bits per heavy atom. The zero-order valence-corrected chi connectivity index (χ0v) is 9.21. The number of hydrogen-bond acceptors (Lipinski definition) is 2. The predicted molar refractivity (Wildman–Crippen MR) is 53.3 cm³/mol. The number of benzene rings is 1. The summed E-state index contributed by atoms with van der Waals surface area (Å²) in [6.45, 7) is -3.04. The van der Waals surface area contributed by atoms with Gasteiger partial charge in [0.1, 0.15) is 5.75 Å². The van der Waals surface area contributed by atoms with Crippen molar-refractivity contribution in [1.29, 1.82) is 0 Å². The summed E-state index contributed by atoms with van der Waals surface area (Å²) in [5, 5.41) is -1.30. The molecule has 0 amide bonds. The number of carbonyl (C=O) groups excluding carboxylic acids is 1. The lowest BCUT2D eigenvalue weighted by Crippen LogP contribution is -2.04. The highest BCUT2D eigenvalue weighted by Crippen LogP contribution is 2.35. The Kier molecular flexibility index (Phi) is 4.13. The largest absolute Gasteiger partial charge is 0.433 e. The normalized spacial score (nSPS) is 10.5. The van der Waals surface area contributed by atoms with Crippen LogP contribution >= 0.6 is 34.8 Å². The molecule has 0 saturated carbocycles. The van der Waals surface area contributed by atoms with Gasteiger partial charge in [0.15, 0.2) is 0 Å². The first-order valence-corrected chi connectivity index (χ1v) is 4.69. The standard InChI is InChI=1S/C8H3Cl3F2O2/c9-3-1-2-4(15-8(12)13)6(10)5(3)7(11)14/h1-2,8H. The Morgan fingerprint density at radius 1 is 1.33 bits per heavy atom. The summed E-state index contributed by atoms with van der Waals surface area (Å²) in [6, 6.07) is 2.32. The van der Waals surface area contributed by atoms with Gasteiger partial charge in [-0.05, 0) is 23.7 Å². The number of rotatable bonds is 3. The van der Waals surface area contributed by atoms with Gasteiger partial charge in [0, 0.05) is 0 Å². The molecule has 0 aromatic heterocycles. The van der Waals surface area contributed by atoms with Gasteiger partial charge in [0.2, 0.25) is 0 Å². The third kappa shape index (κ3) is 2.93. The van der Waals surface area contributed by atoms with Crippen LogP contribution in [0.2, 0.25) is 10.0 Å². The van der Waals surface area contributed by atoms with Crippen molar-refractivity contribution in [3.8, 4) is 5.75 Å². The van der Waals surface area contributed by atoms with E-state index in [0.717, 1.165) is 6.07 Å². The second-order valence-corrected chi connectivity index (χ2v) is 3.52. The number of hydrogen-bond donors (Lipinski definition) is 0. The number of ether oxygens (including phenoxy) is 1. The molecule has 0 unspecified atom stereocenters. The molecule has 0 atom stereocenters. The number of halogens is 5. The first-order chi connectivity index (χ1) is 6.93. The zero-order valence-electron chi connectivity index (χ0n) is 6.94. The first kappa shape index (κ1) is 12.5. The smallest absolute Gasteiger partial charge is 0.387 e. The molecule has 0 aliphatic heterocycles. The fourth-order valence-corrected chi connectivity index (χ4v) is 1.78. The predicted octanol–water partition coefficient (Wildman–Crippen LogP) is 3.97. The van der Waals surface area contributed by atoms with Crippen LogP contribution in [-0.2, 0) is 0 Å². The van der Waals surface area contributed by atoms with Gasteiger partial charge in [-0.15, -0.1) is 0 Å². The third-order valence-electron chi connectivity index (χ3n) is 1.47. The maximum atomic E-state index is 11.9. The molecule has 0 bridgehead atoms. The molecule has 0 spiro atoms. The van der Waals surface area contributed by atoms with Gasteiger partial charge in [-0.25, -0.2) is 0 Å². The van der Waals surface area contributed by atoms with Crippen molar-refractivity contribution in [1.82, 2.24) is 0 Å². The summed E-state index contributed by atoms with van der Waals surface area (Å²) in [7, 11) is 0. The first-order valence-electron chi connectivity index (χ1n) is 3.56. The minimum atomic E-state index is -3.04. The zero-order chi connectivity index (χ0) is 11.6. The lowest BCUT2D eigenvalue weighted by atomic mass is 10.2. The highest BCUT2D eigenvalue weighted by Gasteiger charge is 2.18. The molecule has 0 N–H and O–H groups in total. The highest BCUT2D eigenvalue weighted by atomic mass is 35.5. The van der Waals surface area contributed by atoms with Crippen LogP contribution in [0.25, 0.3) is 0 Å². The van der Waals surface area contributed by atoms with Crippen LogP contribution in [0.15, 0.2) is 12.1 Å². The molecule has 0 heterocycles. The van der Waals surface area contributed by atoms with Crippen LogP contribution in [0.3, 0.4) is 0 Å². The van der Waals surface area contributed by atoms with Gasteiger partial charge >= 0.3 is 6.61 Å². The summed E-state index contributed by atoms with van der Waals surface area (Å²) in [6.07, 6.45) is 0. The fourth-order valence-electron chi connectivity index (χ4n) is 0.901. The Morgan fingerprint density at radius 3 is 2.40 bits per heavy atom.